The van der Waals surface area contributed by atoms with E-state index in [0.29, 0.717) is 41.8 Å². The first-order valence-corrected chi connectivity index (χ1v) is 11.2. The minimum atomic E-state index is -3.57. The van der Waals surface area contributed by atoms with Crippen LogP contribution in [0.4, 0.5) is 5.69 Å². The standard InChI is InChI=1S/C18H17ClN4O3S2/c19-13-2-1-3-14(12-13)22-8-10-23(11-9-22)28(25,26)18-7-5-16(27-18)15-4-6-17(24)21-20-15/h1-7,12H,8-11H2,(H,21,24). The first kappa shape index (κ1) is 19.1. The number of aromatic amines is 1. The second-order valence-corrected chi connectivity index (χ2v) is 9.98. The van der Waals surface area contributed by atoms with E-state index in [1.54, 1.807) is 18.2 Å². The molecule has 1 N–H and O–H groups in total. The summed E-state index contributed by atoms with van der Waals surface area (Å²) in [7, 11) is -3.57. The normalized spacial score (nSPS) is 15.7. The molecule has 0 bridgehead atoms. The zero-order valence-electron chi connectivity index (χ0n) is 14.7. The van der Waals surface area contributed by atoms with Gasteiger partial charge in [-0.2, -0.15) is 9.40 Å². The molecule has 1 aliphatic rings. The third-order valence-electron chi connectivity index (χ3n) is 4.52. The molecule has 0 amide bonds. The molecule has 10 heteroatoms. The average molecular weight is 437 g/mol. The fourth-order valence-electron chi connectivity index (χ4n) is 3.06. The minimum Gasteiger partial charge on any atom is -0.369 e. The van der Waals surface area contributed by atoms with Crippen molar-refractivity contribution in [3.8, 4) is 10.6 Å². The van der Waals surface area contributed by atoms with Crippen molar-refractivity contribution in [2.75, 3.05) is 31.1 Å². The number of hydrogen-bond donors (Lipinski definition) is 1. The fourth-order valence-corrected chi connectivity index (χ4v) is 6.10. The highest BCUT2D eigenvalue weighted by Gasteiger charge is 2.30. The predicted octanol–water partition coefficient (Wildman–Crippen LogP) is 2.66. The lowest BCUT2D eigenvalue weighted by Crippen LogP contribution is -2.48. The summed E-state index contributed by atoms with van der Waals surface area (Å²) < 4.78 is 27.8. The van der Waals surface area contributed by atoms with Crippen molar-refractivity contribution >= 4 is 38.6 Å². The molecular weight excluding hydrogens is 420 g/mol. The SMILES string of the molecule is O=c1ccc(-c2ccc(S(=O)(=O)N3CCN(c4cccc(Cl)c4)CC3)s2)n[nH]1. The van der Waals surface area contributed by atoms with Crippen LogP contribution in [0.3, 0.4) is 0 Å². The van der Waals surface area contributed by atoms with Crippen LogP contribution in [0.2, 0.25) is 5.02 Å². The topological polar surface area (TPSA) is 86.4 Å². The van der Waals surface area contributed by atoms with Crippen LogP contribution in [0.15, 0.2) is 57.5 Å². The van der Waals surface area contributed by atoms with Crippen molar-refractivity contribution < 1.29 is 8.42 Å². The first-order valence-electron chi connectivity index (χ1n) is 8.60. The van der Waals surface area contributed by atoms with Gasteiger partial charge >= 0.3 is 0 Å². The Morgan fingerprint density at radius 2 is 1.82 bits per heavy atom. The molecule has 0 aliphatic carbocycles. The molecule has 0 radical (unpaired) electrons. The molecule has 1 saturated heterocycles. The second kappa shape index (κ2) is 7.67. The highest BCUT2D eigenvalue weighted by Crippen LogP contribution is 2.31. The lowest BCUT2D eigenvalue weighted by Gasteiger charge is -2.35. The van der Waals surface area contributed by atoms with Crippen molar-refractivity contribution in [3.05, 3.63) is 63.9 Å². The number of sulfonamides is 1. The van der Waals surface area contributed by atoms with E-state index in [0.717, 1.165) is 17.0 Å². The molecule has 1 aliphatic heterocycles. The lowest BCUT2D eigenvalue weighted by atomic mass is 10.2. The van der Waals surface area contributed by atoms with Crippen LogP contribution >= 0.6 is 22.9 Å². The van der Waals surface area contributed by atoms with Crippen molar-refractivity contribution in [1.29, 1.82) is 0 Å². The molecule has 4 rings (SSSR count). The highest BCUT2D eigenvalue weighted by atomic mass is 35.5. The van der Waals surface area contributed by atoms with E-state index in [-0.39, 0.29) is 9.77 Å². The third-order valence-corrected chi connectivity index (χ3v) is 8.23. The van der Waals surface area contributed by atoms with E-state index >= 15 is 0 Å². The van der Waals surface area contributed by atoms with Crippen molar-refractivity contribution in [2.45, 2.75) is 4.21 Å². The molecule has 2 aromatic heterocycles. The van der Waals surface area contributed by atoms with Gasteiger partial charge in [0.2, 0.25) is 0 Å². The Kier molecular flexibility index (Phi) is 5.24. The molecule has 0 spiro atoms. The summed E-state index contributed by atoms with van der Waals surface area (Å²) in [5, 5.41) is 6.98. The maximum Gasteiger partial charge on any atom is 0.264 e. The van der Waals surface area contributed by atoms with Gasteiger partial charge in [0.1, 0.15) is 9.90 Å². The van der Waals surface area contributed by atoms with Crippen LogP contribution in [-0.4, -0.2) is 49.1 Å². The lowest BCUT2D eigenvalue weighted by molar-refractivity contribution is 0.386. The predicted molar refractivity (Wildman–Crippen MR) is 111 cm³/mol. The zero-order valence-corrected chi connectivity index (χ0v) is 17.1. The van der Waals surface area contributed by atoms with E-state index in [9.17, 15) is 13.2 Å². The molecular formula is C18H17ClN4O3S2. The maximum absolute atomic E-state index is 13.0. The first-order chi connectivity index (χ1) is 13.4. The minimum absolute atomic E-state index is 0.270. The number of rotatable bonds is 4. The molecule has 3 aromatic rings. The maximum atomic E-state index is 13.0. The van der Waals surface area contributed by atoms with E-state index in [1.807, 2.05) is 24.3 Å². The molecule has 3 heterocycles. The van der Waals surface area contributed by atoms with Gasteiger partial charge < -0.3 is 4.90 Å². The number of aromatic nitrogens is 2. The average Bonchev–Trinajstić information content (AvgIpc) is 3.20. The Hall–Kier alpha value is -2.20. The molecule has 0 unspecified atom stereocenters. The third kappa shape index (κ3) is 3.83. The Balaban J connectivity index is 1.49. The Labute approximate surface area is 171 Å². The van der Waals surface area contributed by atoms with Crippen molar-refractivity contribution in [2.24, 2.45) is 0 Å². The summed E-state index contributed by atoms with van der Waals surface area (Å²) in [6.07, 6.45) is 0. The molecule has 0 atom stereocenters. The summed E-state index contributed by atoms with van der Waals surface area (Å²) in [6, 6.07) is 13.8. The second-order valence-electron chi connectivity index (χ2n) is 6.30. The van der Waals surface area contributed by atoms with Crippen LogP contribution in [-0.2, 0) is 10.0 Å². The van der Waals surface area contributed by atoms with Gasteiger partial charge in [-0.25, -0.2) is 13.5 Å². The van der Waals surface area contributed by atoms with Crippen LogP contribution < -0.4 is 10.5 Å². The number of nitrogens with one attached hydrogen (secondary N) is 1. The summed E-state index contributed by atoms with van der Waals surface area (Å²) in [5.74, 6) is 0. The van der Waals surface area contributed by atoms with Crippen LogP contribution in [0.5, 0.6) is 0 Å². The molecule has 0 saturated carbocycles. The number of benzene rings is 1. The van der Waals surface area contributed by atoms with E-state index in [4.69, 9.17) is 11.6 Å². The van der Waals surface area contributed by atoms with Crippen molar-refractivity contribution in [3.63, 3.8) is 0 Å². The van der Waals surface area contributed by atoms with Gasteiger partial charge in [-0.15, -0.1) is 11.3 Å². The van der Waals surface area contributed by atoms with E-state index < -0.39 is 10.0 Å². The van der Waals surface area contributed by atoms with Crippen LogP contribution in [0, 0.1) is 0 Å². The zero-order chi connectivity index (χ0) is 19.7. The number of thiophene rings is 1. The van der Waals surface area contributed by atoms with Gasteiger partial charge in [-0.05, 0) is 36.4 Å². The molecule has 146 valence electrons. The summed E-state index contributed by atoms with van der Waals surface area (Å²) in [6.45, 7) is 2.00. The van der Waals surface area contributed by atoms with Gasteiger partial charge in [-0.1, -0.05) is 17.7 Å². The van der Waals surface area contributed by atoms with Crippen LogP contribution in [0.1, 0.15) is 0 Å². The largest absolute Gasteiger partial charge is 0.369 e. The summed E-state index contributed by atoms with van der Waals surface area (Å²) >= 11 is 7.20. The fraction of sp³-hybridized carbons (Fsp3) is 0.222. The van der Waals surface area contributed by atoms with Crippen LogP contribution in [0.25, 0.3) is 10.6 Å². The molecule has 7 nitrogen and oxygen atoms in total. The smallest absolute Gasteiger partial charge is 0.264 e. The highest BCUT2D eigenvalue weighted by molar-refractivity contribution is 7.91. The summed E-state index contributed by atoms with van der Waals surface area (Å²) in [4.78, 5) is 14.0. The number of anilines is 1. The van der Waals surface area contributed by atoms with Gasteiger partial charge in [0, 0.05) is 43.0 Å². The van der Waals surface area contributed by atoms with Gasteiger partial charge in [0.25, 0.3) is 15.6 Å². The van der Waals surface area contributed by atoms with Gasteiger partial charge in [0.15, 0.2) is 0 Å². The number of nitrogens with zero attached hydrogens (tertiary/aromatic N) is 3. The van der Waals surface area contributed by atoms with Gasteiger partial charge in [-0.3, -0.25) is 4.79 Å². The number of piperazine rings is 1. The summed E-state index contributed by atoms with van der Waals surface area (Å²) in [5.41, 5.74) is 1.23. The quantitative estimate of drug-likeness (QED) is 0.679. The Morgan fingerprint density at radius 3 is 2.50 bits per heavy atom. The number of halogens is 1. The number of hydrogen-bond acceptors (Lipinski definition) is 6. The van der Waals surface area contributed by atoms with E-state index in [2.05, 4.69) is 15.1 Å². The Bertz CT molecular complexity index is 1130. The molecule has 1 fully saturated rings. The number of H-pyrrole nitrogens is 1. The Morgan fingerprint density at radius 1 is 1.04 bits per heavy atom. The molecule has 1 aromatic carbocycles. The van der Waals surface area contributed by atoms with Crippen molar-refractivity contribution in [1.82, 2.24) is 14.5 Å². The molecule has 28 heavy (non-hydrogen) atoms. The van der Waals surface area contributed by atoms with Gasteiger partial charge in [0.05, 0.1) is 4.88 Å². The van der Waals surface area contributed by atoms with E-state index in [1.165, 1.54) is 10.4 Å². The monoisotopic (exact) mass is 436 g/mol.